The highest BCUT2D eigenvalue weighted by Gasteiger charge is 2.13. The first kappa shape index (κ1) is 19.9. The van der Waals surface area contributed by atoms with Crippen LogP contribution in [0.4, 0.5) is 5.69 Å². The Morgan fingerprint density at radius 1 is 0.906 bits per heavy atom. The summed E-state index contributed by atoms with van der Waals surface area (Å²) in [6.07, 6.45) is 1.59. The van der Waals surface area contributed by atoms with Gasteiger partial charge in [0, 0.05) is 22.2 Å². The standard InChI is InChI=1S/C26H19N3O2S/c30-24(28-21-9-5-2-6-10-21)20-13-11-18(12-14-20)15-29-17-27-25-23(26(29)31)22(16-32-25)19-7-3-1-4-8-19/h1-14,16-17H,15H2,(H,28,30). The molecule has 2 aromatic heterocycles. The number of nitrogens with one attached hydrogen (secondary N) is 1. The van der Waals surface area contributed by atoms with Crippen molar-refractivity contribution in [2.45, 2.75) is 6.54 Å². The number of rotatable bonds is 5. The monoisotopic (exact) mass is 437 g/mol. The molecular formula is C26H19N3O2S. The predicted octanol–water partition coefficient (Wildman–Crippen LogP) is 5.43. The van der Waals surface area contributed by atoms with Crippen LogP contribution in [-0.4, -0.2) is 15.5 Å². The number of thiophene rings is 1. The SMILES string of the molecule is O=C(Nc1ccccc1)c1ccc(Cn2cnc3scc(-c4ccccc4)c3c2=O)cc1. The van der Waals surface area contributed by atoms with Crippen molar-refractivity contribution in [1.29, 1.82) is 0 Å². The number of benzene rings is 3. The quantitative estimate of drug-likeness (QED) is 0.399. The van der Waals surface area contributed by atoms with Crippen LogP contribution < -0.4 is 10.9 Å². The number of hydrogen-bond donors (Lipinski definition) is 1. The van der Waals surface area contributed by atoms with Crippen molar-refractivity contribution >= 4 is 33.1 Å². The van der Waals surface area contributed by atoms with E-state index < -0.39 is 0 Å². The third kappa shape index (κ3) is 3.96. The Hall–Kier alpha value is -4.03. The van der Waals surface area contributed by atoms with E-state index in [0.717, 1.165) is 27.2 Å². The molecular weight excluding hydrogens is 418 g/mol. The number of carbonyl (C=O) groups excluding carboxylic acids is 1. The minimum absolute atomic E-state index is 0.0685. The molecule has 1 N–H and O–H groups in total. The summed E-state index contributed by atoms with van der Waals surface area (Å²) in [5.41, 5.74) is 4.07. The topological polar surface area (TPSA) is 64.0 Å². The minimum atomic E-state index is -0.172. The fourth-order valence-corrected chi connectivity index (χ4v) is 4.50. The van der Waals surface area contributed by atoms with E-state index in [1.165, 1.54) is 11.3 Å². The van der Waals surface area contributed by atoms with E-state index in [1.807, 2.05) is 78.2 Å². The second-order valence-corrected chi connectivity index (χ2v) is 8.25. The van der Waals surface area contributed by atoms with E-state index in [2.05, 4.69) is 10.3 Å². The lowest BCUT2D eigenvalue weighted by Gasteiger charge is -2.08. The van der Waals surface area contributed by atoms with Gasteiger partial charge in [0.1, 0.15) is 4.83 Å². The Morgan fingerprint density at radius 3 is 2.31 bits per heavy atom. The van der Waals surface area contributed by atoms with Crippen LogP contribution >= 0.6 is 11.3 Å². The molecule has 0 saturated heterocycles. The Morgan fingerprint density at radius 2 is 1.59 bits per heavy atom. The highest BCUT2D eigenvalue weighted by Crippen LogP contribution is 2.30. The molecule has 5 rings (SSSR count). The molecule has 5 nitrogen and oxygen atoms in total. The van der Waals surface area contributed by atoms with Crippen molar-refractivity contribution in [1.82, 2.24) is 9.55 Å². The molecule has 0 fully saturated rings. The molecule has 0 bridgehead atoms. The summed E-state index contributed by atoms with van der Waals surface area (Å²) in [4.78, 5) is 30.9. The van der Waals surface area contributed by atoms with Crippen molar-refractivity contribution in [3.8, 4) is 11.1 Å². The second kappa shape index (κ2) is 8.61. The van der Waals surface area contributed by atoms with Gasteiger partial charge in [0.2, 0.25) is 0 Å². The van der Waals surface area contributed by atoms with Crippen molar-refractivity contribution < 1.29 is 4.79 Å². The van der Waals surface area contributed by atoms with Crippen LogP contribution in [-0.2, 0) is 6.54 Å². The van der Waals surface area contributed by atoms with E-state index in [-0.39, 0.29) is 11.5 Å². The van der Waals surface area contributed by atoms with Crippen molar-refractivity contribution in [3.63, 3.8) is 0 Å². The van der Waals surface area contributed by atoms with Crippen molar-refractivity contribution in [2.75, 3.05) is 5.32 Å². The Balaban J connectivity index is 1.39. The summed E-state index contributed by atoms with van der Waals surface area (Å²) in [6, 6.07) is 26.5. The molecule has 0 aliphatic carbocycles. The van der Waals surface area contributed by atoms with Gasteiger partial charge in [-0.2, -0.15) is 0 Å². The summed E-state index contributed by atoms with van der Waals surface area (Å²) >= 11 is 1.47. The fourth-order valence-electron chi connectivity index (χ4n) is 3.59. The lowest BCUT2D eigenvalue weighted by Crippen LogP contribution is -2.21. The van der Waals surface area contributed by atoms with E-state index in [1.54, 1.807) is 23.0 Å². The van der Waals surface area contributed by atoms with Crippen LogP contribution in [0, 0.1) is 0 Å². The fraction of sp³-hybridized carbons (Fsp3) is 0.0385. The molecule has 0 aliphatic rings. The third-order valence-corrected chi connectivity index (χ3v) is 6.13. The van der Waals surface area contributed by atoms with Crippen LogP contribution in [0.1, 0.15) is 15.9 Å². The largest absolute Gasteiger partial charge is 0.322 e. The molecule has 6 heteroatoms. The van der Waals surface area contributed by atoms with Crippen molar-refractivity contribution in [2.24, 2.45) is 0 Å². The number of carbonyl (C=O) groups is 1. The van der Waals surface area contributed by atoms with Gasteiger partial charge in [0.05, 0.1) is 18.3 Å². The molecule has 0 saturated carbocycles. The summed E-state index contributed by atoms with van der Waals surface area (Å²) in [5, 5.41) is 5.50. The molecule has 0 atom stereocenters. The third-order valence-electron chi connectivity index (χ3n) is 5.25. The van der Waals surface area contributed by atoms with Gasteiger partial charge in [-0.05, 0) is 35.4 Å². The van der Waals surface area contributed by atoms with Crippen LogP contribution in [0.2, 0.25) is 0 Å². The molecule has 0 spiro atoms. The maximum absolute atomic E-state index is 13.2. The summed E-state index contributed by atoms with van der Waals surface area (Å²) in [5.74, 6) is -0.172. The second-order valence-electron chi connectivity index (χ2n) is 7.39. The van der Waals surface area contributed by atoms with Crippen LogP contribution in [0.15, 0.2) is 101 Å². The van der Waals surface area contributed by atoms with E-state index in [0.29, 0.717) is 17.5 Å². The first-order chi connectivity index (χ1) is 15.7. The van der Waals surface area contributed by atoms with Crippen molar-refractivity contribution in [3.05, 3.63) is 118 Å². The number of fused-ring (bicyclic) bond motifs is 1. The molecule has 2 heterocycles. The normalized spacial score (nSPS) is 10.9. The van der Waals surface area contributed by atoms with Gasteiger partial charge < -0.3 is 5.32 Å². The molecule has 1 amide bonds. The number of nitrogens with zero attached hydrogens (tertiary/aromatic N) is 2. The molecule has 156 valence electrons. The summed E-state index contributed by atoms with van der Waals surface area (Å²) in [7, 11) is 0. The number of amides is 1. The molecule has 3 aromatic carbocycles. The summed E-state index contributed by atoms with van der Waals surface area (Å²) < 4.78 is 1.61. The van der Waals surface area contributed by atoms with Gasteiger partial charge in [-0.25, -0.2) is 4.98 Å². The lowest BCUT2D eigenvalue weighted by atomic mass is 10.1. The van der Waals surface area contributed by atoms with E-state index in [9.17, 15) is 9.59 Å². The highest BCUT2D eigenvalue weighted by molar-refractivity contribution is 7.17. The zero-order valence-corrected chi connectivity index (χ0v) is 17.9. The average Bonchev–Trinajstić information content (AvgIpc) is 3.27. The van der Waals surface area contributed by atoms with Gasteiger partial charge >= 0.3 is 0 Å². The molecule has 0 aliphatic heterocycles. The number of aromatic nitrogens is 2. The average molecular weight is 438 g/mol. The Bertz CT molecular complexity index is 1440. The lowest BCUT2D eigenvalue weighted by molar-refractivity contribution is 0.102. The zero-order valence-electron chi connectivity index (χ0n) is 17.1. The van der Waals surface area contributed by atoms with Gasteiger partial charge in [-0.15, -0.1) is 11.3 Å². The van der Waals surface area contributed by atoms with Crippen LogP contribution in [0.3, 0.4) is 0 Å². The summed E-state index contributed by atoms with van der Waals surface area (Å²) in [6.45, 7) is 0.381. The maximum atomic E-state index is 13.2. The van der Waals surface area contributed by atoms with Crippen LogP contribution in [0.5, 0.6) is 0 Å². The maximum Gasteiger partial charge on any atom is 0.263 e. The van der Waals surface area contributed by atoms with Gasteiger partial charge in [-0.3, -0.25) is 14.2 Å². The Labute approximate surface area is 188 Å². The van der Waals surface area contributed by atoms with Gasteiger partial charge in [0.15, 0.2) is 0 Å². The first-order valence-electron chi connectivity index (χ1n) is 10.2. The van der Waals surface area contributed by atoms with E-state index in [4.69, 9.17) is 0 Å². The molecule has 32 heavy (non-hydrogen) atoms. The minimum Gasteiger partial charge on any atom is -0.322 e. The van der Waals surface area contributed by atoms with Gasteiger partial charge in [0.25, 0.3) is 11.5 Å². The highest BCUT2D eigenvalue weighted by atomic mass is 32.1. The molecule has 0 unspecified atom stereocenters. The van der Waals surface area contributed by atoms with Crippen LogP contribution in [0.25, 0.3) is 21.3 Å². The number of hydrogen-bond acceptors (Lipinski definition) is 4. The first-order valence-corrected chi connectivity index (χ1v) is 11.0. The van der Waals surface area contributed by atoms with Gasteiger partial charge in [-0.1, -0.05) is 60.7 Å². The zero-order chi connectivity index (χ0) is 21.9. The number of para-hydroxylation sites is 1. The number of anilines is 1. The van der Waals surface area contributed by atoms with E-state index >= 15 is 0 Å². The Kier molecular flexibility index (Phi) is 5.35. The molecule has 0 radical (unpaired) electrons. The molecule has 5 aromatic rings. The predicted molar refractivity (Wildman–Crippen MR) is 129 cm³/mol. The smallest absolute Gasteiger partial charge is 0.263 e.